The Morgan fingerprint density at radius 1 is 1.24 bits per heavy atom. The SMILES string of the molecule is Cc1cc(-c2cccc(CC3CCN(C(=O)C(C)(C)C)CC3)n2)n[nH]1. The third-order valence-electron chi connectivity index (χ3n) is 4.82. The molecule has 2 aromatic heterocycles. The number of pyridine rings is 1. The Hall–Kier alpha value is -2.17. The van der Waals surface area contributed by atoms with Crippen molar-refractivity contribution in [1.82, 2.24) is 20.1 Å². The standard InChI is InChI=1S/C20H28N4O/c1-14-12-18(23-22-14)17-7-5-6-16(21-17)13-15-8-10-24(11-9-15)19(25)20(2,3)4/h5-7,12,15H,8-11,13H2,1-4H3,(H,22,23). The van der Waals surface area contributed by atoms with Gasteiger partial charge in [0, 0.05) is 29.9 Å². The molecular weight excluding hydrogens is 312 g/mol. The van der Waals surface area contributed by atoms with Crippen molar-refractivity contribution in [1.29, 1.82) is 0 Å². The van der Waals surface area contributed by atoms with Crippen LogP contribution in [-0.2, 0) is 11.2 Å². The minimum absolute atomic E-state index is 0.264. The molecule has 2 aromatic rings. The average molecular weight is 340 g/mol. The molecule has 1 N–H and O–H groups in total. The Kier molecular flexibility index (Phi) is 4.93. The van der Waals surface area contributed by atoms with Crippen LogP contribution in [0.3, 0.4) is 0 Å². The van der Waals surface area contributed by atoms with Crippen molar-refractivity contribution >= 4 is 5.91 Å². The zero-order valence-electron chi connectivity index (χ0n) is 15.7. The van der Waals surface area contributed by atoms with Crippen molar-refractivity contribution in [2.45, 2.75) is 47.0 Å². The summed E-state index contributed by atoms with van der Waals surface area (Å²) in [6, 6.07) is 8.17. The van der Waals surface area contributed by atoms with E-state index in [1.54, 1.807) is 0 Å². The molecular formula is C20H28N4O. The summed E-state index contributed by atoms with van der Waals surface area (Å²) in [5.41, 5.74) is 3.67. The Balaban J connectivity index is 1.60. The number of aromatic amines is 1. The molecule has 1 amide bonds. The van der Waals surface area contributed by atoms with E-state index in [1.165, 1.54) is 0 Å². The molecule has 25 heavy (non-hydrogen) atoms. The topological polar surface area (TPSA) is 61.9 Å². The van der Waals surface area contributed by atoms with Gasteiger partial charge in [0.15, 0.2) is 0 Å². The van der Waals surface area contributed by atoms with Crippen LogP contribution in [0.25, 0.3) is 11.4 Å². The summed E-state index contributed by atoms with van der Waals surface area (Å²) in [5.74, 6) is 0.854. The highest BCUT2D eigenvalue weighted by Crippen LogP contribution is 2.26. The Morgan fingerprint density at radius 3 is 2.56 bits per heavy atom. The number of piperidine rings is 1. The molecule has 0 bridgehead atoms. The number of nitrogens with zero attached hydrogens (tertiary/aromatic N) is 3. The molecule has 5 nitrogen and oxygen atoms in total. The summed E-state index contributed by atoms with van der Waals surface area (Å²) in [6.45, 7) is 9.69. The Labute approximate surface area is 149 Å². The predicted octanol–water partition coefficient (Wildman–Crippen LogP) is 3.61. The van der Waals surface area contributed by atoms with Gasteiger partial charge in [0.05, 0.1) is 5.69 Å². The summed E-state index contributed by atoms with van der Waals surface area (Å²) >= 11 is 0. The molecule has 3 heterocycles. The number of likely N-dealkylation sites (tertiary alicyclic amines) is 1. The number of aromatic nitrogens is 3. The highest BCUT2D eigenvalue weighted by atomic mass is 16.2. The smallest absolute Gasteiger partial charge is 0.227 e. The van der Waals surface area contributed by atoms with Crippen molar-refractivity contribution in [2.24, 2.45) is 11.3 Å². The molecule has 0 spiro atoms. The van der Waals surface area contributed by atoms with Gasteiger partial charge in [0.25, 0.3) is 0 Å². The van der Waals surface area contributed by atoms with Gasteiger partial charge in [-0.2, -0.15) is 5.10 Å². The largest absolute Gasteiger partial charge is 0.342 e. The van der Waals surface area contributed by atoms with Crippen molar-refractivity contribution in [3.63, 3.8) is 0 Å². The molecule has 0 saturated carbocycles. The zero-order valence-corrected chi connectivity index (χ0v) is 15.7. The third kappa shape index (κ3) is 4.27. The first kappa shape index (κ1) is 17.6. The van der Waals surface area contributed by atoms with Crippen molar-refractivity contribution < 1.29 is 4.79 Å². The maximum Gasteiger partial charge on any atom is 0.227 e. The molecule has 1 saturated heterocycles. The normalized spacial score (nSPS) is 16.2. The number of hydrogen-bond donors (Lipinski definition) is 1. The van der Waals surface area contributed by atoms with Crippen LogP contribution in [0.15, 0.2) is 24.3 Å². The van der Waals surface area contributed by atoms with E-state index in [9.17, 15) is 4.79 Å². The molecule has 1 aliphatic rings. The highest BCUT2D eigenvalue weighted by molar-refractivity contribution is 5.81. The fourth-order valence-corrected chi connectivity index (χ4v) is 3.40. The number of aryl methyl sites for hydroxylation is 1. The minimum Gasteiger partial charge on any atom is -0.342 e. The Morgan fingerprint density at radius 2 is 1.96 bits per heavy atom. The van der Waals surface area contributed by atoms with E-state index in [2.05, 4.69) is 22.3 Å². The van der Waals surface area contributed by atoms with E-state index in [4.69, 9.17) is 4.98 Å². The number of rotatable bonds is 3. The van der Waals surface area contributed by atoms with Gasteiger partial charge in [-0.1, -0.05) is 26.8 Å². The van der Waals surface area contributed by atoms with Gasteiger partial charge in [-0.15, -0.1) is 0 Å². The molecule has 0 unspecified atom stereocenters. The summed E-state index contributed by atoms with van der Waals surface area (Å²) in [6.07, 6.45) is 3.07. The van der Waals surface area contributed by atoms with Crippen molar-refractivity contribution in [3.8, 4) is 11.4 Å². The van der Waals surface area contributed by atoms with Crippen molar-refractivity contribution in [3.05, 3.63) is 35.7 Å². The number of H-pyrrole nitrogens is 1. The molecule has 5 heteroatoms. The molecule has 1 aliphatic heterocycles. The third-order valence-corrected chi connectivity index (χ3v) is 4.82. The molecule has 0 aromatic carbocycles. The lowest BCUT2D eigenvalue weighted by atomic mass is 9.89. The molecule has 0 aliphatic carbocycles. The van der Waals surface area contributed by atoms with Gasteiger partial charge in [0.2, 0.25) is 5.91 Å². The first-order valence-corrected chi connectivity index (χ1v) is 9.10. The van der Waals surface area contributed by atoms with Gasteiger partial charge < -0.3 is 4.90 Å². The van der Waals surface area contributed by atoms with Crippen LogP contribution < -0.4 is 0 Å². The summed E-state index contributed by atoms with van der Waals surface area (Å²) in [5, 5.41) is 7.26. The molecule has 3 rings (SSSR count). The van der Waals surface area contributed by atoms with E-state index in [0.29, 0.717) is 5.92 Å². The number of nitrogens with one attached hydrogen (secondary N) is 1. The maximum absolute atomic E-state index is 12.4. The lowest BCUT2D eigenvalue weighted by Gasteiger charge is -2.35. The molecule has 0 radical (unpaired) electrons. The average Bonchev–Trinajstić information content (AvgIpc) is 3.01. The predicted molar refractivity (Wildman–Crippen MR) is 99.0 cm³/mol. The van der Waals surface area contributed by atoms with Crippen molar-refractivity contribution in [2.75, 3.05) is 13.1 Å². The maximum atomic E-state index is 12.4. The van der Waals surface area contributed by atoms with Crippen LogP contribution in [0.5, 0.6) is 0 Å². The Bertz CT molecular complexity index is 736. The lowest BCUT2D eigenvalue weighted by Crippen LogP contribution is -2.44. The molecule has 0 atom stereocenters. The van der Waals surface area contributed by atoms with Crippen LogP contribution in [0.2, 0.25) is 0 Å². The highest BCUT2D eigenvalue weighted by Gasteiger charge is 2.30. The van der Waals surface area contributed by atoms with Crippen LogP contribution in [-0.4, -0.2) is 39.1 Å². The van der Waals surface area contributed by atoms with E-state index >= 15 is 0 Å². The fourth-order valence-electron chi connectivity index (χ4n) is 3.40. The lowest BCUT2D eigenvalue weighted by molar-refractivity contribution is -0.140. The summed E-state index contributed by atoms with van der Waals surface area (Å²) in [7, 11) is 0. The van der Waals surface area contributed by atoms with Crippen LogP contribution in [0, 0.1) is 18.3 Å². The van der Waals surface area contributed by atoms with Crippen LogP contribution in [0.1, 0.15) is 45.0 Å². The zero-order chi connectivity index (χ0) is 18.0. The van der Waals surface area contributed by atoms with Crippen LogP contribution in [0.4, 0.5) is 0 Å². The second-order valence-corrected chi connectivity index (χ2v) is 8.14. The first-order valence-electron chi connectivity index (χ1n) is 9.10. The number of amides is 1. The quantitative estimate of drug-likeness (QED) is 0.928. The summed E-state index contributed by atoms with van der Waals surface area (Å²) in [4.78, 5) is 19.2. The van der Waals surface area contributed by atoms with Gasteiger partial charge >= 0.3 is 0 Å². The fraction of sp³-hybridized carbons (Fsp3) is 0.550. The molecule has 1 fully saturated rings. The monoisotopic (exact) mass is 340 g/mol. The number of hydrogen-bond acceptors (Lipinski definition) is 3. The van der Waals surface area contributed by atoms with Gasteiger partial charge in [-0.25, -0.2) is 0 Å². The van der Waals surface area contributed by atoms with E-state index in [1.807, 2.05) is 44.7 Å². The second-order valence-electron chi connectivity index (χ2n) is 8.14. The number of carbonyl (C=O) groups excluding carboxylic acids is 1. The molecule has 134 valence electrons. The number of carbonyl (C=O) groups is 1. The summed E-state index contributed by atoms with van der Waals surface area (Å²) < 4.78 is 0. The van der Waals surface area contributed by atoms with Gasteiger partial charge in [-0.3, -0.25) is 14.9 Å². The minimum atomic E-state index is -0.287. The van der Waals surface area contributed by atoms with Gasteiger partial charge in [-0.05, 0) is 50.3 Å². The van der Waals surface area contributed by atoms with E-state index in [-0.39, 0.29) is 11.3 Å². The van der Waals surface area contributed by atoms with Crippen LogP contribution >= 0.6 is 0 Å². The van der Waals surface area contributed by atoms with E-state index in [0.717, 1.165) is 55.1 Å². The second kappa shape index (κ2) is 6.98. The van der Waals surface area contributed by atoms with E-state index < -0.39 is 0 Å². The van der Waals surface area contributed by atoms with Gasteiger partial charge in [0.1, 0.15) is 5.69 Å². The first-order chi connectivity index (χ1) is 11.8.